The molecule has 1 amide bonds. The highest BCUT2D eigenvalue weighted by Crippen LogP contribution is 2.30. The van der Waals surface area contributed by atoms with Crippen LogP contribution in [0.3, 0.4) is 0 Å². The molecule has 1 saturated heterocycles. The zero-order chi connectivity index (χ0) is 23.2. The molecule has 1 heterocycles. The van der Waals surface area contributed by atoms with E-state index in [4.69, 9.17) is 16.3 Å². The van der Waals surface area contributed by atoms with E-state index in [1.807, 2.05) is 65.3 Å². The highest BCUT2D eigenvalue weighted by Gasteiger charge is 2.24. The molecule has 172 valence electrons. The van der Waals surface area contributed by atoms with E-state index >= 15 is 0 Å². The normalized spacial score (nSPS) is 13.8. The molecule has 4 rings (SSSR count). The number of carbonyl (C=O) groups is 1. The first-order valence-electron chi connectivity index (χ1n) is 11.0. The van der Waals surface area contributed by atoms with Crippen LogP contribution in [0.15, 0.2) is 71.6 Å². The molecule has 0 bridgehead atoms. The van der Waals surface area contributed by atoms with Crippen molar-refractivity contribution in [2.24, 2.45) is 0 Å². The maximum Gasteiger partial charge on any atom is 0.253 e. The van der Waals surface area contributed by atoms with Crippen molar-refractivity contribution in [3.8, 4) is 5.75 Å². The van der Waals surface area contributed by atoms with E-state index in [1.165, 1.54) is 6.07 Å². The molecule has 0 N–H and O–H groups in total. The van der Waals surface area contributed by atoms with Gasteiger partial charge in [0.2, 0.25) is 0 Å². The van der Waals surface area contributed by atoms with Gasteiger partial charge in [0.15, 0.2) is 0 Å². The first-order valence-corrected chi connectivity index (χ1v) is 12.3. The van der Waals surface area contributed by atoms with Gasteiger partial charge in [-0.15, -0.1) is 11.8 Å². The Morgan fingerprint density at radius 2 is 1.76 bits per heavy atom. The number of thioether (sulfide) groups is 1. The number of hydrogen-bond acceptors (Lipinski definition) is 4. The third-order valence-corrected chi connectivity index (χ3v) is 6.89. The molecule has 1 aliphatic heterocycles. The van der Waals surface area contributed by atoms with Crippen LogP contribution >= 0.6 is 23.4 Å². The number of hydrogen-bond donors (Lipinski definition) is 0. The number of halogens is 2. The second kappa shape index (κ2) is 10.9. The standard InChI is InChI=1S/C26H26ClFN2O2S/c1-2-32-25-12-7-19(17-20(25)18-33-22-10-8-21(27)9-11-22)26(31)30-15-13-29(14-16-30)24-6-4-3-5-23(24)28/h3-12,17H,2,13-16,18H2,1H3. The molecule has 3 aromatic carbocycles. The number of para-hydroxylation sites is 1. The van der Waals surface area contributed by atoms with Crippen LogP contribution in [0, 0.1) is 5.82 Å². The van der Waals surface area contributed by atoms with Gasteiger partial charge in [0.25, 0.3) is 5.91 Å². The lowest BCUT2D eigenvalue weighted by Gasteiger charge is -2.36. The van der Waals surface area contributed by atoms with E-state index in [0.717, 1.165) is 16.2 Å². The molecule has 0 unspecified atom stereocenters. The molecule has 1 fully saturated rings. The van der Waals surface area contributed by atoms with E-state index in [1.54, 1.807) is 23.9 Å². The molecule has 0 spiro atoms. The van der Waals surface area contributed by atoms with Crippen molar-refractivity contribution in [2.75, 3.05) is 37.7 Å². The summed E-state index contributed by atoms with van der Waals surface area (Å²) in [4.78, 5) is 18.1. The Morgan fingerprint density at radius 1 is 1.03 bits per heavy atom. The summed E-state index contributed by atoms with van der Waals surface area (Å²) in [7, 11) is 0. The van der Waals surface area contributed by atoms with Crippen LogP contribution in [0.5, 0.6) is 5.75 Å². The lowest BCUT2D eigenvalue weighted by atomic mass is 10.1. The van der Waals surface area contributed by atoms with Gasteiger partial charge in [-0.2, -0.15) is 0 Å². The summed E-state index contributed by atoms with van der Waals surface area (Å²) in [5.41, 5.74) is 2.21. The molecule has 0 aromatic heterocycles. The number of benzene rings is 3. The van der Waals surface area contributed by atoms with Gasteiger partial charge in [-0.1, -0.05) is 23.7 Å². The molecule has 1 aliphatic rings. The molecule has 33 heavy (non-hydrogen) atoms. The zero-order valence-electron chi connectivity index (χ0n) is 18.5. The molecular weight excluding hydrogens is 459 g/mol. The number of anilines is 1. The second-order valence-electron chi connectivity index (χ2n) is 7.73. The Bertz CT molecular complexity index is 1100. The Kier molecular flexibility index (Phi) is 7.78. The SMILES string of the molecule is CCOc1ccc(C(=O)N2CCN(c3ccccc3F)CC2)cc1CSc1ccc(Cl)cc1. The largest absolute Gasteiger partial charge is 0.494 e. The number of nitrogens with zero attached hydrogens (tertiary/aromatic N) is 2. The molecular formula is C26H26ClFN2O2S. The Balaban J connectivity index is 1.44. The lowest BCUT2D eigenvalue weighted by Crippen LogP contribution is -2.49. The van der Waals surface area contributed by atoms with Crippen molar-refractivity contribution in [3.05, 3.63) is 88.7 Å². The second-order valence-corrected chi connectivity index (χ2v) is 9.21. The van der Waals surface area contributed by atoms with Crippen LogP contribution in [-0.2, 0) is 5.75 Å². The quantitative estimate of drug-likeness (QED) is 0.377. The summed E-state index contributed by atoms with van der Waals surface area (Å²) < 4.78 is 19.9. The van der Waals surface area contributed by atoms with Gasteiger partial charge in [-0.25, -0.2) is 4.39 Å². The Labute approximate surface area is 203 Å². The zero-order valence-corrected chi connectivity index (χ0v) is 20.0. The van der Waals surface area contributed by atoms with E-state index in [0.29, 0.717) is 54.8 Å². The molecule has 3 aromatic rings. The van der Waals surface area contributed by atoms with Gasteiger partial charge < -0.3 is 14.5 Å². The first-order chi connectivity index (χ1) is 16.0. The Hall–Kier alpha value is -2.70. The highest BCUT2D eigenvalue weighted by atomic mass is 35.5. The molecule has 0 atom stereocenters. The lowest BCUT2D eigenvalue weighted by molar-refractivity contribution is 0.0746. The molecule has 0 radical (unpaired) electrons. The first kappa shape index (κ1) is 23.5. The number of ether oxygens (including phenoxy) is 1. The fourth-order valence-corrected chi connectivity index (χ4v) is 4.86. The molecule has 7 heteroatoms. The van der Waals surface area contributed by atoms with Gasteiger partial charge >= 0.3 is 0 Å². The molecule has 0 saturated carbocycles. The van der Waals surface area contributed by atoms with Crippen LogP contribution in [0.1, 0.15) is 22.8 Å². The Morgan fingerprint density at radius 3 is 2.45 bits per heavy atom. The number of piperazine rings is 1. The minimum atomic E-state index is -0.230. The highest BCUT2D eigenvalue weighted by molar-refractivity contribution is 7.98. The summed E-state index contributed by atoms with van der Waals surface area (Å²) in [5.74, 6) is 1.23. The van der Waals surface area contributed by atoms with Gasteiger partial charge in [0.1, 0.15) is 11.6 Å². The van der Waals surface area contributed by atoms with Crippen LogP contribution < -0.4 is 9.64 Å². The van der Waals surface area contributed by atoms with Crippen LogP contribution in [0.2, 0.25) is 5.02 Å². The van der Waals surface area contributed by atoms with Gasteiger partial charge in [0, 0.05) is 53.0 Å². The average molecular weight is 485 g/mol. The van der Waals surface area contributed by atoms with Gasteiger partial charge in [0.05, 0.1) is 12.3 Å². The predicted molar refractivity (Wildman–Crippen MR) is 133 cm³/mol. The fraction of sp³-hybridized carbons (Fsp3) is 0.269. The molecule has 0 aliphatic carbocycles. The number of rotatable bonds is 7. The van der Waals surface area contributed by atoms with Crippen LogP contribution in [0.4, 0.5) is 10.1 Å². The van der Waals surface area contributed by atoms with Crippen LogP contribution in [-0.4, -0.2) is 43.6 Å². The fourth-order valence-electron chi connectivity index (χ4n) is 3.85. The molecule has 4 nitrogen and oxygen atoms in total. The topological polar surface area (TPSA) is 32.8 Å². The van der Waals surface area contributed by atoms with E-state index in [2.05, 4.69) is 0 Å². The van der Waals surface area contributed by atoms with Crippen molar-refractivity contribution in [1.82, 2.24) is 4.90 Å². The van der Waals surface area contributed by atoms with E-state index in [9.17, 15) is 9.18 Å². The monoisotopic (exact) mass is 484 g/mol. The van der Waals surface area contributed by atoms with Crippen molar-refractivity contribution in [3.63, 3.8) is 0 Å². The third-order valence-electron chi connectivity index (χ3n) is 5.58. The van der Waals surface area contributed by atoms with Crippen molar-refractivity contribution >= 4 is 35.0 Å². The minimum absolute atomic E-state index is 0.0102. The minimum Gasteiger partial charge on any atom is -0.494 e. The maximum absolute atomic E-state index is 14.1. The van der Waals surface area contributed by atoms with E-state index < -0.39 is 0 Å². The summed E-state index contributed by atoms with van der Waals surface area (Å²) in [6, 6.07) is 20.1. The summed E-state index contributed by atoms with van der Waals surface area (Å²) in [5, 5.41) is 0.706. The number of carbonyl (C=O) groups excluding carboxylic acids is 1. The van der Waals surface area contributed by atoms with Crippen molar-refractivity contribution < 1.29 is 13.9 Å². The maximum atomic E-state index is 14.1. The summed E-state index contributed by atoms with van der Waals surface area (Å²) in [6.45, 7) is 4.81. The smallest absolute Gasteiger partial charge is 0.253 e. The third kappa shape index (κ3) is 5.81. The van der Waals surface area contributed by atoms with Crippen molar-refractivity contribution in [2.45, 2.75) is 17.6 Å². The predicted octanol–water partition coefficient (Wildman–Crippen LogP) is 6.13. The average Bonchev–Trinajstić information content (AvgIpc) is 2.84. The van der Waals surface area contributed by atoms with Gasteiger partial charge in [-0.05, 0) is 61.5 Å². The van der Waals surface area contributed by atoms with E-state index in [-0.39, 0.29) is 11.7 Å². The summed E-state index contributed by atoms with van der Waals surface area (Å²) >= 11 is 7.66. The van der Waals surface area contributed by atoms with Crippen molar-refractivity contribution in [1.29, 1.82) is 0 Å². The van der Waals surface area contributed by atoms with Gasteiger partial charge in [-0.3, -0.25) is 4.79 Å². The summed E-state index contributed by atoms with van der Waals surface area (Å²) in [6.07, 6.45) is 0. The number of amides is 1. The van der Waals surface area contributed by atoms with Crippen LogP contribution in [0.25, 0.3) is 0 Å².